The zero-order valence-electron chi connectivity index (χ0n) is 19.8. The lowest BCUT2D eigenvalue weighted by Gasteiger charge is -2.30. The largest absolute Gasteiger partial charge is 0.480 e. The number of hydrogen-bond acceptors (Lipinski definition) is 8. The van der Waals surface area contributed by atoms with Crippen LogP contribution in [-0.4, -0.2) is 85.8 Å². The smallest absolute Gasteiger partial charge is 0.264 e. The normalized spacial score (nSPS) is 14.8. The number of nitrogens with zero attached hydrogens (tertiary/aromatic N) is 4. The van der Waals surface area contributed by atoms with Crippen molar-refractivity contribution < 1.29 is 19.0 Å². The molecule has 3 rings (SSSR count). The molecule has 0 spiro atoms. The second kappa shape index (κ2) is 12.4. The molecule has 9 heteroatoms. The van der Waals surface area contributed by atoms with Gasteiger partial charge in [-0.2, -0.15) is 4.98 Å². The predicted molar refractivity (Wildman–Crippen MR) is 127 cm³/mol. The fourth-order valence-corrected chi connectivity index (χ4v) is 5.12. The van der Waals surface area contributed by atoms with Crippen molar-refractivity contribution in [2.75, 3.05) is 60.2 Å². The molecule has 2 aromatic rings. The molecule has 32 heavy (non-hydrogen) atoms. The fourth-order valence-electron chi connectivity index (χ4n) is 3.96. The van der Waals surface area contributed by atoms with Crippen molar-refractivity contribution in [1.82, 2.24) is 19.8 Å². The van der Waals surface area contributed by atoms with Gasteiger partial charge in [0.05, 0.1) is 30.6 Å². The minimum atomic E-state index is 0.0746. The first-order chi connectivity index (χ1) is 15.6. The molecule has 0 N–H and O–H groups in total. The van der Waals surface area contributed by atoms with Crippen LogP contribution in [0.15, 0.2) is 0 Å². The molecule has 0 aliphatic carbocycles. The summed E-state index contributed by atoms with van der Waals surface area (Å²) >= 11 is 1.42. The molecule has 0 unspecified atom stereocenters. The summed E-state index contributed by atoms with van der Waals surface area (Å²) in [4.78, 5) is 28.6. The highest BCUT2D eigenvalue weighted by molar-refractivity contribution is 7.20. The van der Waals surface area contributed by atoms with Gasteiger partial charge in [-0.15, -0.1) is 11.3 Å². The Morgan fingerprint density at radius 1 is 1.16 bits per heavy atom. The lowest BCUT2D eigenvalue weighted by atomic mass is 10.1. The number of unbranched alkanes of at least 4 members (excludes halogenated alkanes) is 3. The molecular formula is C23H36N4O4S. The average Bonchev–Trinajstić information content (AvgIpc) is 3.15. The van der Waals surface area contributed by atoms with Gasteiger partial charge in [-0.1, -0.05) is 26.2 Å². The first-order valence-electron chi connectivity index (χ1n) is 11.5. The van der Waals surface area contributed by atoms with Crippen molar-refractivity contribution in [2.45, 2.75) is 46.1 Å². The summed E-state index contributed by atoms with van der Waals surface area (Å²) in [5, 5.41) is 0.819. The predicted octanol–water partition coefficient (Wildman–Crippen LogP) is 3.51. The molecule has 1 amide bonds. The van der Waals surface area contributed by atoms with Crippen LogP contribution in [0.25, 0.3) is 10.2 Å². The third kappa shape index (κ3) is 6.15. The maximum atomic E-state index is 13.7. The van der Waals surface area contributed by atoms with E-state index in [1.165, 1.54) is 24.2 Å². The van der Waals surface area contributed by atoms with E-state index in [2.05, 4.69) is 21.8 Å². The van der Waals surface area contributed by atoms with Crippen molar-refractivity contribution in [3.8, 4) is 5.88 Å². The Balaban J connectivity index is 1.83. The zero-order valence-corrected chi connectivity index (χ0v) is 20.6. The molecule has 0 radical (unpaired) electrons. The molecule has 0 atom stereocenters. The SMILES string of the molecule is CCCCCCN(CCN1CCOCC1)C(=O)c1sc2nc(COC)nc(OC)c2c1C. The van der Waals surface area contributed by atoms with Crippen LogP contribution in [-0.2, 0) is 16.1 Å². The number of hydrogen-bond donors (Lipinski definition) is 0. The van der Waals surface area contributed by atoms with E-state index in [4.69, 9.17) is 14.2 Å². The maximum absolute atomic E-state index is 13.7. The van der Waals surface area contributed by atoms with E-state index in [0.717, 1.165) is 79.4 Å². The molecule has 2 aromatic heterocycles. The quantitative estimate of drug-likeness (QED) is 0.445. The van der Waals surface area contributed by atoms with Crippen LogP contribution in [0.4, 0.5) is 0 Å². The molecule has 1 saturated heterocycles. The third-order valence-electron chi connectivity index (χ3n) is 5.82. The van der Waals surface area contributed by atoms with Gasteiger partial charge in [0.15, 0.2) is 5.82 Å². The maximum Gasteiger partial charge on any atom is 0.264 e. The van der Waals surface area contributed by atoms with E-state index >= 15 is 0 Å². The van der Waals surface area contributed by atoms with E-state index in [1.807, 2.05) is 11.8 Å². The molecule has 0 bridgehead atoms. The minimum absolute atomic E-state index is 0.0746. The zero-order chi connectivity index (χ0) is 22.9. The summed E-state index contributed by atoms with van der Waals surface area (Å²) in [6.45, 7) is 10.2. The standard InChI is InChI=1S/C23H36N4O4S/c1-5-6-7-8-9-27(11-10-26-12-14-31-15-13-26)23(28)20-17(2)19-21(30-4)24-18(16-29-3)25-22(19)32-20/h5-16H2,1-4H3. The van der Waals surface area contributed by atoms with E-state index in [9.17, 15) is 4.79 Å². The number of ether oxygens (including phenoxy) is 3. The molecule has 3 heterocycles. The van der Waals surface area contributed by atoms with Crippen molar-refractivity contribution in [3.05, 3.63) is 16.3 Å². The topological polar surface area (TPSA) is 77.0 Å². The van der Waals surface area contributed by atoms with Crippen molar-refractivity contribution >= 4 is 27.5 Å². The van der Waals surface area contributed by atoms with Crippen molar-refractivity contribution in [2.24, 2.45) is 0 Å². The molecule has 8 nitrogen and oxygen atoms in total. The Morgan fingerprint density at radius 3 is 2.62 bits per heavy atom. The lowest BCUT2D eigenvalue weighted by molar-refractivity contribution is 0.0324. The number of rotatable bonds is 12. The number of fused-ring (bicyclic) bond motifs is 1. The number of aromatic nitrogens is 2. The number of morpholine rings is 1. The van der Waals surface area contributed by atoms with Gasteiger partial charge in [-0.25, -0.2) is 4.98 Å². The van der Waals surface area contributed by atoms with E-state index in [1.54, 1.807) is 14.2 Å². The number of carbonyl (C=O) groups is 1. The van der Waals surface area contributed by atoms with Gasteiger partial charge in [0.2, 0.25) is 5.88 Å². The minimum Gasteiger partial charge on any atom is -0.480 e. The highest BCUT2D eigenvalue weighted by Crippen LogP contribution is 2.35. The summed E-state index contributed by atoms with van der Waals surface area (Å²) in [7, 11) is 3.21. The fraction of sp³-hybridized carbons (Fsp3) is 0.696. The number of carbonyl (C=O) groups excluding carboxylic acids is 1. The van der Waals surface area contributed by atoms with Gasteiger partial charge in [0.1, 0.15) is 11.4 Å². The average molecular weight is 465 g/mol. The first-order valence-corrected chi connectivity index (χ1v) is 12.3. The number of aryl methyl sites for hydroxylation is 1. The van der Waals surface area contributed by atoms with Crippen LogP contribution in [0.3, 0.4) is 0 Å². The van der Waals surface area contributed by atoms with Crippen LogP contribution in [0.5, 0.6) is 5.88 Å². The van der Waals surface area contributed by atoms with Gasteiger partial charge >= 0.3 is 0 Å². The van der Waals surface area contributed by atoms with Crippen LogP contribution in [0.1, 0.15) is 53.7 Å². The van der Waals surface area contributed by atoms with Gasteiger partial charge in [0, 0.05) is 39.8 Å². The third-order valence-corrected chi connectivity index (χ3v) is 7.00. The second-order valence-corrected chi connectivity index (χ2v) is 9.12. The Kier molecular flexibility index (Phi) is 9.65. The monoisotopic (exact) mass is 464 g/mol. The van der Waals surface area contributed by atoms with E-state index in [0.29, 0.717) is 18.3 Å². The number of amides is 1. The number of thiophene rings is 1. The van der Waals surface area contributed by atoms with Crippen LogP contribution >= 0.6 is 11.3 Å². The van der Waals surface area contributed by atoms with Gasteiger partial charge in [-0.05, 0) is 18.9 Å². The second-order valence-electron chi connectivity index (χ2n) is 8.13. The molecule has 1 fully saturated rings. The van der Waals surface area contributed by atoms with Crippen molar-refractivity contribution in [1.29, 1.82) is 0 Å². The lowest BCUT2D eigenvalue weighted by Crippen LogP contribution is -2.43. The van der Waals surface area contributed by atoms with Gasteiger partial charge < -0.3 is 19.1 Å². The summed E-state index contributed by atoms with van der Waals surface area (Å²) in [5.74, 6) is 1.13. The number of methoxy groups -OCH3 is 2. The van der Waals surface area contributed by atoms with E-state index in [-0.39, 0.29) is 5.91 Å². The molecule has 1 aliphatic rings. The molecule has 1 aliphatic heterocycles. The Morgan fingerprint density at radius 2 is 1.94 bits per heavy atom. The van der Waals surface area contributed by atoms with Gasteiger partial charge in [0.25, 0.3) is 5.91 Å². The van der Waals surface area contributed by atoms with Crippen molar-refractivity contribution in [3.63, 3.8) is 0 Å². The molecule has 178 valence electrons. The summed E-state index contributed by atoms with van der Waals surface area (Å²) in [5.41, 5.74) is 0.890. The highest BCUT2D eigenvalue weighted by atomic mass is 32.1. The summed E-state index contributed by atoms with van der Waals surface area (Å²) in [6, 6.07) is 0. The van der Waals surface area contributed by atoms with Crippen LogP contribution < -0.4 is 4.74 Å². The summed E-state index contributed by atoms with van der Waals surface area (Å²) in [6.07, 6.45) is 4.54. The Hall–Kier alpha value is -1.81. The van der Waals surface area contributed by atoms with Crippen LogP contribution in [0, 0.1) is 6.92 Å². The summed E-state index contributed by atoms with van der Waals surface area (Å²) < 4.78 is 16.2. The van der Waals surface area contributed by atoms with Crippen LogP contribution in [0.2, 0.25) is 0 Å². The molecular weight excluding hydrogens is 428 g/mol. The van der Waals surface area contributed by atoms with Gasteiger partial charge in [-0.3, -0.25) is 9.69 Å². The highest BCUT2D eigenvalue weighted by Gasteiger charge is 2.25. The Labute approximate surface area is 194 Å². The molecule has 0 saturated carbocycles. The Bertz CT molecular complexity index is 882. The van der Waals surface area contributed by atoms with E-state index < -0.39 is 0 Å². The first kappa shape index (κ1) is 24.8. The molecule has 0 aromatic carbocycles.